The maximum absolute atomic E-state index is 10.7. The maximum atomic E-state index is 10.7. The molecule has 0 spiro atoms. The summed E-state index contributed by atoms with van der Waals surface area (Å²) in [6.45, 7) is 2.09. The van der Waals surface area contributed by atoms with Crippen LogP contribution in [0.5, 0.6) is 0 Å². The minimum atomic E-state index is -0.515. The van der Waals surface area contributed by atoms with Gasteiger partial charge in [0.1, 0.15) is 0 Å². The zero-order chi connectivity index (χ0) is 12.3. The van der Waals surface area contributed by atoms with Crippen LogP contribution in [0.25, 0.3) is 0 Å². The highest BCUT2D eigenvalue weighted by atomic mass is 79.9. The molecule has 1 aromatic rings. The first-order valence-electron chi connectivity index (χ1n) is 6.23. The number of aliphatic hydroxyl groups is 1. The number of benzene rings is 1. The summed E-state index contributed by atoms with van der Waals surface area (Å²) in [5.41, 5.74) is 0.707. The molecule has 0 radical (unpaired) electrons. The summed E-state index contributed by atoms with van der Waals surface area (Å²) in [6.07, 6.45) is 3.64. The Morgan fingerprint density at radius 2 is 1.94 bits per heavy atom. The second-order valence-electron chi connectivity index (χ2n) is 5.18. The van der Waals surface area contributed by atoms with Gasteiger partial charge in [-0.05, 0) is 50.6 Å². The van der Waals surface area contributed by atoms with Gasteiger partial charge in [-0.25, -0.2) is 0 Å². The Kier molecular flexibility index (Phi) is 4.23. The van der Waals surface area contributed by atoms with E-state index in [2.05, 4.69) is 40.0 Å². The molecule has 1 unspecified atom stereocenters. The fraction of sp³-hybridized carbons (Fsp3) is 0.571. The van der Waals surface area contributed by atoms with Gasteiger partial charge in [0.15, 0.2) is 0 Å². The standard InChI is InChI=1S/C14H20BrNO/c1-16-9-2-7-14(17,8-10-16)11-12-3-5-13(15)6-4-12/h3-6,17H,2,7-11H2,1H3. The Bertz CT molecular complexity index is 365. The molecule has 1 atom stereocenters. The van der Waals surface area contributed by atoms with Crippen molar-refractivity contribution in [3.05, 3.63) is 34.3 Å². The van der Waals surface area contributed by atoms with E-state index in [4.69, 9.17) is 0 Å². The molecule has 0 aliphatic carbocycles. The molecule has 1 aliphatic rings. The SMILES string of the molecule is CN1CCCC(O)(Cc2ccc(Br)cc2)CC1. The summed E-state index contributed by atoms with van der Waals surface area (Å²) in [5.74, 6) is 0. The van der Waals surface area contributed by atoms with Gasteiger partial charge in [0.05, 0.1) is 5.60 Å². The van der Waals surface area contributed by atoms with Gasteiger partial charge in [-0.15, -0.1) is 0 Å². The Morgan fingerprint density at radius 3 is 2.65 bits per heavy atom. The number of halogens is 1. The van der Waals surface area contributed by atoms with Crippen molar-refractivity contribution in [1.29, 1.82) is 0 Å². The summed E-state index contributed by atoms with van der Waals surface area (Å²) >= 11 is 3.44. The Labute approximate surface area is 112 Å². The molecule has 2 rings (SSSR count). The van der Waals surface area contributed by atoms with Crippen molar-refractivity contribution in [1.82, 2.24) is 4.90 Å². The molecule has 1 aromatic carbocycles. The smallest absolute Gasteiger partial charge is 0.0700 e. The van der Waals surface area contributed by atoms with E-state index >= 15 is 0 Å². The molecule has 2 nitrogen and oxygen atoms in total. The second kappa shape index (κ2) is 5.51. The predicted octanol–water partition coefficient (Wildman–Crippen LogP) is 2.84. The Balaban J connectivity index is 2.03. The van der Waals surface area contributed by atoms with E-state index in [9.17, 15) is 5.11 Å². The quantitative estimate of drug-likeness (QED) is 0.907. The van der Waals surface area contributed by atoms with Crippen LogP contribution in [0.2, 0.25) is 0 Å². The molecule has 17 heavy (non-hydrogen) atoms. The zero-order valence-electron chi connectivity index (χ0n) is 10.3. The third-order valence-corrected chi connectivity index (χ3v) is 4.12. The highest BCUT2D eigenvalue weighted by molar-refractivity contribution is 9.10. The van der Waals surface area contributed by atoms with E-state index in [0.29, 0.717) is 0 Å². The highest BCUT2D eigenvalue weighted by Gasteiger charge is 2.29. The van der Waals surface area contributed by atoms with Gasteiger partial charge in [-0.2, -0.15) is 0 Å². The van der Waals surface area contributed by atoms with E-state index in [1.54, 1.807) is 0 Å². The first kappa shape index (κ1) is 13.1. The van der Waals surface area contributed by atoms with Gasteiger partial charge in [-0.3, -0.25) is 0 Å². The van der Waals surface area contributed by atoms with Crippen LogP contribution in [0.4, 0.5) is 0 Å². The van der Waals surface area contributed by atoms with Crippen LogP contribution < -0.4 is 0 Å². The third-order valence-electron chi connectivity index (χ3n) is 3.59. The number of likely N-dealkylation sites (tertiary alicyclic amines) is 1. The van der Waals surface area contributed by atoms with Crippen molar-refractivity contribution in [2.45, 2.75) is 31.3 Å². The molecular weight excluding hydrogens is 278 g/mol. The van der Waals surface area contributed by atoms with Crippen molar-refractivity contribution in [3.8, 4) is 0 Å². The minimum absolute atomic E-state index is 0.515. The van der Waals surface area contributed by atoms with Gasteiger partial charge in [0, 0.05) is 17.4 Å². The monoisotopic (exact) mass is 297 g/mol. The lowest BCUT2D eigenvalue weighted by molar-refractivity contribution is 0.0263. The number of nitrogens with zero attached hydrogens (tertiary/aromatic N) is 1. The lowest BCUT2D eigenvalue weighted by Gasteiger charge is -2.26. The van der Waals surface area contributed by atoms with Crippen molar-refractivity contribution >= 4 is 15.9 Å². The highest BCUT2D eigenvalue weighted by Crippen LogP contribution is 2.26. The molecule has 1 saturated heterocycles. The molecular formula is C14H20BrNO. The molecule has 1 aliphatic heterocycles. The first-order chi connectivity index (χ1) is 8.07. The normalized spacial score (nSPS) is 26.8. The fourth-order valence-electron chi connectivity index (χ4n) is 2.47. The summed E-state index contributed by atoms with van der Waals surface area (Å²) in [5, 5.41) is 10.7. The first-order valence-corrected chi connectivity index (χ1v) is 7.02. The molecule has 0 amide bonds. The molecule has 0 aromatic heterocycles. The van der Waals surface area contributed by atoms with E-state index in [0.717, 1.165) is 43.2 Å². The minimum Gasteiger partial charge on any atom is -0.389 e. The van der Waals surface area contributed by atoms with Gasteiger partial charge in [-0.1, -0.05) is 28.1 Å². The van der Waals surface area contributed by atoms with E-state index < -0.39 is 5.60 Å². The van der Waals surface area contributed by atoms with Crippen LogP contribution in [0.3, 0.4) is 0 Å². The summed E-state index contributed by atoms with van der Waals surface area (Å²) in [6, 6.07) is 8.27. The largest absolute Gasteiger partial charge is 0.389 e. The van der Waals surface area contributed by atoms with Gasteiger partial charge >= 0.3 is 0 Å². The third kappa shape index (κ3) is 3.80. The zero-order valence-corrected chi connectivity index (χ0v) is 11.9. The summed E-state index contributed by atoms with van der Waals surface area (Å²) < 4.78 is 1.09. The summed E-state index contributed by atoms with van der Waals surface area (Å²) in [4.78, 5) is 2.31. The van der Waals surface area contributed by atoms with Gasteiger partial charge in [0.2, 0.25) is 0 Å². The summed E-state index contributed by atoms with van der Waals surface area (Å²) in [7, 11) is 2.13. The second-order valence-corrected chi connectivity index (χ2v) is 6.10. The van der Waals surface area contributed by atoms with Crippen LogP contribution in [0.1, 0.15) is 24.8 Å². The van der Waals surface area contributed by atoms with Gasteiger partial charge < -0.3 is 10.0 Å². The molecule has 0 saturated carbocycles. The van der Waals surface area contributed by atoms with Crippen LogP contribution in [0.15, 0.2) is 28.7 Å². The average Bonchev–Trinajstić information content (AvgIpc) is 2.45. The number of rotatable bonds is 2. The molecule has 1 fully saturated rings. The van der Waals surface area contributed by atoms with Crippen LogP contribution in [-0.2, 0) is 6.42 Å². The Morgan fingerprint density at radius 1 is 1.24 bits per heavy atom. The maximum Gasteiger partial charge on any atom is 0.0700 e. The average molecular weight is 298 g/mol. The van der Waals surface area contributed by atoms with Crippen LogP contribution in [-0.4, -0.2) is 35.7 Å². The molecule has 0 bridgehead atoms. The topological polar surface area (TPSA) is 23.5 Å². The van der Waals surface area contributed by atoms with E-state index in [1.165, 1.54) is 5.56 Å². The molecule has 1 N–H and O–H groups in total. The fourth-order valence-corrected chi connectivity index (χ4v) is 2.74. The van der Waals surface area contributed by atoms with Crippen LogP contribution >= 0.6 is 15.9 Å². The van der Waals surface area contributed by atoms with Crippen LogP contribution in [0, 0.1) is 0 Å². The van der Waals surface area contributed by atoms with Crippen molar-refractivity contribution in [2.75, 3.05) is 20.1 Å². The lowest BCUT2D eigenvalue weighted by Crippen LogP contribution is -2.32. The lowest BCUT2D eigenvalue weighted by atomic mass is 9.88. The predicted molar refractivity (Wildman–Crippen MR) is 74.1 cm³/mol. The van der Waals surface area contributed by atoms with E-state index in [1.807, 2.05) is 12.1 Å². The van der Waals surface area contributed by atoms with Gasteiger partial charge in [0.25, 0.3) is 0 Å². The number of hydrogen-bond acceptors (Lipinski definition) is 2. The van der Waals surface area contributed by atoms with Crippen molar-refractivity contribution in [2.24, 2.45) is 0 Å². The Hall–Kier alpha value is -0.380. The van der Waals surface area contributed by atoms with Crippen molar-refractivity contribution < 1.29 is 5.11 Å². The van der Waals surface area contributed by atoms with Crippen molar-refractivity contribution in [3.63, 3.8) is 0 Å². The number of hydrogen-bond donors (Lipinski definition) is 1. The van der Waals surface area contributed by atoms with E-state index in [-0.39, 0.29) is 0 Å². The molecule has 3 heteroatoms. The molecule has 94 valence electrons. The molecule has 1 heterocycles.